The molecule has 2 aliphatic rings. The van der Waals surface area contributed by atoms with E-state index in [1.807, 2.05) is 18.2 Å². The Morgan fingerprint density at radius 2 is 1.71 bits per heavy atom. The predicted octanol–water partition coefficient (Wildman–Crippen LogP) is 5.02. The average molecular weight is 512 g/mol. The molecule has 0 radical (unpaired) electrons. The van der Waals surface area contributed by atoms with E-state index in [2.05, 4.69) is 85.4 Å². The van der Waals surface area contributed by atoms with E-state index in [9.17, 15) is 4.79 Å². The van der Waals surface area contributed by atoms with Crippen molar-refractivity contribution >= 4 is 22.6 Å². The number of nitrogens with zero attached hydrogens (tertiary/aromatic N) is 2. The topological polar surface area (TPSA) is 65.9 Å². The van der Waals surface area contributed by atoms with E-state index >= 15 is 0 Å². The molecule has 2 aromatic carbocycles. The van der Waals surface area contributed by atoms with E-state index in [0.717, 1.165) is 70.6 Å². The van der Waals surface area contributed by atoms with Gasteiger partial charge in [-0.3, -0.25) is 0 Å². The lowest BCUT2D eigenvalue weighted by Crippen LogP contribution is -2.29. The monoisotopic (exact) mass is 511 g/mol. The summed E-state index contributed by atoms with van der Waals surface area (Å²) in [6.07, 6.45) is 0. The third-order valence-electron chi connectivity index (χ3n) is 6.84. The van der Waals surface area contributed by atoms with Gasteiger partial charge < -0.3 is 19.2 Å². The maximum atomic E-state index is 13.1. The number of benzene rings is 3. The average Bonchev–Trinajstić information content (AvgIpc) is 2.95. The molecule has 2 aromatic rings. The number of rotatable bonds is 8. The quantitative estimate of drug-likeness (QED) is 0.156. The second-order valence-corrected chi connectivity index (χ2v) is 8.82. The highest BCUT2D eigenvalue weighted by molar-refractivity contribution is 6.08. The Kier molecular flexibility index (Phi) is 8.83. The standard InChI is InChI=1S/C32H35N2O4/c1-5-33(6-2)23-15-17-27-29(21-23)38-30-22-24(34(7-3)8-4)16-18-28(30)31(27)25-13-9-10-14-26(25)32(36)37-20-12-11-19-35/h9-10,13-18,21-22,35H,5-8,19-20H2,1-4H3/q+1. The van der Waals surface area contributed by atoms with Gasteiger partial charge in [0, 0.05) is 47.4 Å². The van der Waals surface area contributed by atoms with Crippen LogP contribution in [0.5, 0.6) is 0 Å². The predicted molar refractivity (Wildman–Crippen MR) is 153 cm³/mol. The van der Waals surface area contributed by atoms with Crippen molar-refractivity contribution < 1.29 is 19.1 Å². The molecule has 196 valence electrons. The molecule has 0 aromatic heterocycles. The Balaban J connectivity index is 2.01. The Bertz CT molecular complexity index is 1530. The molecular weight excluding hydrogens is 476 g/mol. The summed E-state index contributed by atoms with van der Waals surface area (Å²) in [6.45, 7) is 11.8. The van der Waals surface area contributed by atoms with Gasteiger partial charge in [-0.15, -0.1) is 0 Å². The zero-order valence-electron chi connectivity index (χ0n) is 22.6. The van der Waals surface area contributed by atoms with E-state index in [-0.39, 0.29) is 13.2 Å². The van der Waals surface area contributed by atoms with Gasteiger partial charge in [0.25, 0.3) is 0 Å². The molecule has 0 bridgehead atoms. The molecule has 1 heterocycles. The van der Waals surface area contributed by atoms with Crippen LogP contribution in [0, 0.1) is 11.8 Å². The summed E-state index contributed by atoms with van der Waals surface area (Å²) < 4.78 is 14.2. The summed E-state index contributed by atoms with van der Waals surface area (Å²) in [6, 6.07) is 20.0. The smallest absolute Gasteiger partial charge is 0.339 e. The number of hydrogen-bond acceptors (Lipinski definition) is 5. The molecule has 4 rings (SSSR count). The van der Waals surface area contributed by atoms with E-state index < -0.39 is 5.97 Å². The Morgan fingerprint density at radius 3 is 2.42 bits per heavy atom. The molecule has 1 N–H and O–H groups in total. The van der Waals surface area contributed by atoms with Crippen LogP contribution >= 0.6 is 0 Å². The minimum Gasteiger partial charge on any atom is -0.456 e. The van der Waals surface area contributed by atoms with Gasteiger partial charge in [0.05, 0.1) is 11.6 Å². The first kappa shape index (κ1) is 27.0. The van der Waals surface area contributed by atoms with E-state index in [1.165, 1.54) is 0 Å². The fourth-order valence-corrected chi connectivity index (χ4v) is 4.89. The van der Waals surface area contributed by atoms with Crippen LogP contribution in [0.3, 0.4) is 0 Å². The molecule has 0 spiro atoms. The number of anilines is 1. The number of aliphatic hydroxyl groups is 1. The molecule has 0 saturated carbocycles. The van der Waals surface area contributed by atoms with Crippen LogP contribution in [0.4, 0.5) is 5.69 Å². The van der Waals surface area contributed by atoms with Crippen molar-refractivity contribution in [2.75, 3.05) is 44.3 Å². The van der Waals surface area contributed by atoms with Gasteiger partial charge >= 0.3 is 5.97 Å². The van der Waals surface area contributed by atoms with Crippen molar-refractivity contribution in [3.8, 4) is 34.3 Å². The molecular formula is C32H35N2O4+. The Labute approximate surface area is 224 Å². The van der Waals surface area contributed by atoms with Crippen molar-refractivity contribution in [1.82, 2.24) is 4.58 Å². The van der Waals surface area contributed by atoms with Gasteiger partial charge in [-0.1, -0.05) is 30.0 Å². The maximum absolute atomic E-state index is 13.1. The molecule has 0 fully saturated rings. The van der Waals surface area contributed by atoms with Crippen LogP contribution in [0.2, 0.25) is 0 Å². The minimum absolute atomic E-state index is 0.0835. The zero-order valence-corrected chi connectivity index (χ0v) is 22.6. The minimum atomic E-state index is -0.463. The molecule has 6 heteroatoms. The molecule has 0 saturated heterocycles. The first-order valence-electron chi connectivity index (χ1n) is 13.2. The third kappa shape index (κ3) is 5.44. The second kappa shape index (κ2) is 12.4. The summed E-state index contributed by atoms with van der Waals surface area (Å²) >= 11 is 0. The van der Waals surface area contributed by atoms with Crippen molar-refractivity contribution in [2.24, 2.45) is 0 Å². The van der Waals surface area contributed by atoms with Gasteiger partial charge in [-0.2, -0.15) is 0 Å². The van der Waals surface area contributed by atoms with E-state index in [0.29, 0.717) is 5.56 Å². The number of fused-ring (bicyclic) bond motifs is 2. The number of carbonyl (C=O) groups excluding carboxylic acids is 1. The van der Waals surface area contributed by atoms with Crippen LogP contribution in [-0.2, 0) is 4.74 Å². The van der Waals surface area contributed by atoms with E-state index in [4.69, 9.17) is 14.3 Å². The lowest BCUT2D eigenvalue weighted by Gasteiger charge is -2.22. The first-order chi connectivity index (χ1) is 18.6. The normalized spacial score (nSPS) is 10.8. The first-order valence-corrected chi connectivity index (χ1v) is 13.2. The van der Waals surface area contributed by atoms with E-state index in [1.54, 1.807) is 6.07 Å². The van der Waals surface area contributed by atoms with Gasteiger partial charge in [-0.25, -0.2) is 9.37 Å². The maximum Gasteiger partial charge on any atom is 0.339 e. The SMILES string of the molecule is CCN(CC)c1ccc2c(-c3ccccc3C(=O)OCC#CCO)c3ccc(=[N+](CC)CC)cc-3oc2c1. The fourth-order valence-electron chi connectivity index (χ4n) is 4.89. The van der Waals surface area contributed by atoms with Crippen molar-refractivity contribution in [1.29, 1.82) is 0 Å². The second-order valence-electron chi connectivity index (χ2n) is 8.82. The lowest BCUT2D eigenvalue weighted by molar-refractivity contribution is 0.0557. The Morgan fingerprint density at radius 1 is 0.947 bits per heavy atom. The highest BCUT2D eigenvalue weighted by atomic mass is 16.5. The van der Waals surface area contributed by atoms with Gasteiger partial charge in [0.15, 0.2) is 6.61 Å². The number of carbonyl (C=O) groups is 1. The molecule has 38 heavy (non-hydrogen) atoms. The molecule has 0 amide bonds. The van der Waals surface area contributed by atoms with Gasteiger partial charge in [-0.05, 0) is 57.5 Å². The number of aliphatic hydroxyl groups excluding tert-OH is 1. The van der Waals surface area contributed by atoms with Crippen molar-refractivity contribution in [2.45, 2.75) is 27.7 Å². The summed E-state index contributed by atoms with van der Waals surface area (Å²) in [4.78, 5) is 15.4. The number of hydrogen-bond donors (Lipinski definition) is 1. The number of esters is 1. The van der Waals surface area contributed by atoms with Crippen molar-refractivity contribution in [3.63, 3.8) is 0 Å². The molecule has 1 aliphatic heterocycles. The zero-order chi connectivity index (χ0) is 27.1. The summed E-state index contributed by atoms with van der Waals surface area (Å²) in [5.41, 5.74) is 4.91. The van der Waals surface area contributed by atoms with Crippen LogP contribution in [0.1, 0.15) is 38.1 Å². The van der Waals surface area contributed by atoms with Crippen LogP contribution in [0.25, 0.3) is 33.4 Å². The van der Waals surface area contributed by atoms with Crippen LogP contribution < -0.4 is 14.8 Å². The highest BCUT2D eigenvalue weighted by Gasteiger charge is 2.23. The Hall–Kier alpha value is -4.08. The summed E-state index contributed by atoms with van der Waals surface area (Å²) in [5, 5.41) is 10.9. The van der Waals surface area contributed by atoms with Crippen molar-refractivity contribution in [3.05, 3.63) is 71.6 Å². The largest absolute Gasteiger partial charge is 0.456 e. The van der Waals surface area contributed by atoms with Gasteiger partial charge in [0.1, 0.15) is 31.0 Å². The van der Waals surface area contributed by atoms with Crippen LogP contribution in [0.15, 0.2) is 65.1 Å². The molecule has 6 nitrogen and oxygen atoms in total. The molecule has 0 atom stereocenters. The molecule has 0 unspecified atom stereocenters. The van der Waals surface area contributed by atoms with Crippen LogP contribution in [-0.4, -0.2) is 50.5 Å². The molecule has 1 aliphatic carbocycles. The summed E-state index contributed by atoms with van der Waals surface area (Å²) in [7, 11) is 0. The lowest BCUT2D eigenvalue weighted by atomic mass is 9.90. The highest BCUT2D eigenvalue weighted by Crippen LogP contribution is 2.42. The van der Waals surface area contributed by atoms with Gasteiger partial charge in [0.2, 0.25) is 5.36 Å². The number of ether oxygens (including phenoxy) is 1. The summed E-state index contributed by atoms with van der Waals surface area (Å²) in [5.74, 6) is 5.44. The fraction of sp³-hybridized carbons (Fsp3) is 0.312. The third-order valence-corrected chi connectivity index (χ3v) is 6.84.